The molecule has 0 aliphatic rings. The number of carbonyl (C=O) groups excluding carboxylic acids is 1. The zero-order valence-electron chi connectivity index (χ0n) is 9.78. The first-order chi connectivity index (χ1) is 8.84. The van der Waals surface area contributed by atoms with Gasteiger partial charge >= 0.3 is 0 Å². The van der Waals surface area contributed by atoms with Crippen LogP contribution in [0.15, 0.2) is 60.0 Å². The van der Waals surface area contributed by atoms with E-state index in [1.807, 2.05) is 42.5 Å². The summed E-state index contributed by atoms with van der Waals surface area (Å²) in [6.45, 7) is 0. The summed E-state index contributed by atoms with van der Waals surface area (Å²) in [6.07, 6.45) is 5.25. The van der Waals surface area contributed by atoms with Crippen LogP contribution in [0.3, 0.4) is 0 Å². The van der Waals surface area contributed by atoms with Gasteiger partial charge in [-0.25, -0.2) is 5.43 Å². The number of rotatable bonds is 4. The van der Waals surface area contributed by atoms with Gasteiger partial charge in [0.1, 0.15) is 0 Å². The number of benzene rings is 1. The minimum Gasteiger partial charge on any atom is -0.273 e. The lowest BCUT2D eigenvalue weighted by atomic mass is 10.1. The van der Waals surface area contributed by atoms with E-state index in [1.165, 1.54) is 0 Å². The summed E-state index contributed by atoms with van der Waals surface area (Å²) in [5, 5.41) is 3.87. The number of nitrogens with zero attached hydrogens (tertiary/aromatic N) is 2. The Morgan fingerprint density at radius 2 is 2.06 bits per heavy atom. The highest BCUT2D eigenvalue weighted by molar-refractivity contribution is 5.82. The highest BCUT2D eigenvalue weighted by Crippen LogP contribution is 1.99. The van der Waals surface area contributed by atoms with Gasteiger partial charge in [-0.2, -0.15) is 5.10 Å². The Kier molecular flexibility index (Phi) is 4.19. The van der Waals surface area contributed by atoms with Crippen LogP contribution in [0.4, 0.5) is 0 Å². The maximum atomic E-state index is 11.6. The smallest absolute Gasteiger partial charge is 0.244 e. The third-order valence-electron chi connectivity index (χ3n) is 2.29. The van der Waals surface area contributed by atoms with E-state index in [2.05, 4.69) is 15.5 Å². The van der Waals surface area contributed by atoms with Crippen molar-refractivity contribution in [2.75, 3.05) is 0 Å². The molecular formula is C14H13N3O. The Hall–Kier alpha value is -2.49. The Morgan fingerprint density at radius 1 is 1.22 bits per heavy atom. The van der Waals surface area contributed by atoms with Gasteiger partial charge in [-0.05, 0) is 11.6 Å². The topological polar surface area (TPSA) is 54.4 Å². The second-order valence-electron chi connectivity index (χ2n) is 3.74. The van der Waals surface area contributed by atoms with Gasteiger partial charge in [0.15, 0.2) is 0 Å². The number of pyridine rings is 1. The number of aromatic nitrogens is 1. The molecule has 0 atom stereocenters. The normalized spacial score (nSPS) is 10.4. The Bertz CT molecular complexity index is 523. The Balaban J connectivity index is 1.84. The van der Waals surface area contributed by atoms with E-state index in [0.717, 1.165) is 11.1 Å². The molecule has 1 heterocycles. The molecule has 0 saturated heterocycles. The van der Waals surface area contributed by atoms with Crippen LogP contribution in [0.5, 0.6) is 0 Å². The maximum Gasteiger partial charge on any atom is 0.244 e. The molecule has 1 aromatic heterocycles. The van der Waals surface area contributed by atoms with Gasteiger partial charge in [-0.3, -0.25) is 9.78 Å². The lowest BCUT2D eigenvalue weighted by molar-refractivity contribution is -0.120. The molecule has 4 nitrogen and oxygen atoms in total. The van der Waals surface area contributed by atoms with Crippen LogP contribution in [0.25, 0.3) is 0 Å². The molecule has 0 spiro atoms. The van der Waals surface area contributed by atoms with E-state index in [-0.39, 0.29) is 5.91 Å². The fourth-order valence-electron chi connectivity index (χ4n) is 1.45. The van der Waals surface area contributed by atoms with Crippen molar-refractivity contribution in [1.29, 1.82) is 0 Å². The van der Waals surface area contributed by atoms with E-state index in [4.69, 9.17) is 0 Å². The molecule has 2 aromatic rings. The van der Waals surface area contributed by atoms with Crippen molar-refractivity contribution in [1.82, 2.24) is 10.4 Å². The number of amides is 1. The first-order valence-corrected chi connectivity index (χ1v) is 5.60. The molecule has 0 radical (unpaired) electrons. The van der Waals surface area contributed by atoms with Crippen LogP contribution in [0, 0.1) is 0 Å². The van der Waals surface area contributed by atoms with Crippen molar-refractivity contribution in [2.45, 2.75) is 6.42 Å². The number of nitrogens with one attached hydrogen (secondary N) is 1. The Morgan fingerprint density at radius 3 is 2.78 bits per heavy atom. The number of hydrogen-bond acceptors (Lipinski definition) is 3. The fraction of sp³-hybridized carbons (Fsp3) is 0.0714. The molecule has 2 rings (SSSR count). The summed E-state index contributed by atoms with van der Waals surface area (Å²) in [6, 6.07) is 13.2. The zero-order chi connectivity index (χ0) is 12.6. The van der Waals surface area contributed by atoms with E-state index in [0.29, 0.717) is 6.42 Å². The molecule has 1 aromatic carbocycles. The van der Waals surface area contributed by atoms with Crippen molar-refractivity contribution >= 4 is 12.1 Å². The van der Waals surface area contributed by atoms with Gasteiger partial charge in [0.2, 0.25) is 5.91 Å². The van der Waals surface area contributed by atoms with Crippen molar-refractivity contribution in [2.24, 2.45) is 5.10 Å². The summed E-state index contributed by atoms with van der Waals surface area (Å²) in [7, 11) is 0. The van der Waals surface area contributed by atoms with Crippen molar-refractivity contribution in [3.8, 4) is 0 Å². The van der Waals surface area contributed by atoms with Crippen molar-refractivity contribution in [3.63, 3.8) is 0 Å². The molecule has 0 unspecified atom stereocenters. The van der Waals surface area contributed by atoms with Crippen LogP contribution in [0.1, 0.15) is 11.1 Å². The molecule has 18 heavy (non-hydrogen) atoms. The summed E-state index contributed by atoms with van der Waals surface area (Å²) in [5.41, 5.74) is 4.29. The first kappa shape index (κ1) is 12.0. The molecule has 1 amide bonds. The summed E-state index contributed by atoms with van der Waals surface area (Å²) >= 11 is 0. The second-order valence-corrected chi connectivity index (χ2v) is 3.74. The summed E-state index contributed by atoms with van der Waals surface area (Å²) < 4.78 is 0. The molecule has 0 aliphatic heterocycles. The van der Waals surface area contributed by atoms with Crippen LogP contribution in [-0.2, 0) is 11.2 Å². The van der Waals surface area contributed by atoms with E-state index < -0.39 is 0 Å². The highest BCUT2D eigenvalue weighted by atomic mass is 16.2. The summed E-state index contributed by atoms with van der Waals surface area (Å²) in [5.74, 6) is -0.138. The highest BCUT2D eigenvalue weighted by Gasteiger charge is 2.00. The van der Waals surface area contributed by atoms with Crippen LogP contribution >= 0.6 is 0 Å². The van der Waals surface area contributed by atoms with Gasteiger partial charge in [-0.1, -0.05) is 36.4 Å². The molecule has 0 aliphatic carbocycles. The molecule has 0 fully saturated rings. The van der Waals surface area contributed by atoms with E-state index in [1.54, 1.807) is 18.6 Å². The SMILES string of the molecule is O=C(Cc1ccccc1)NN=Cc1cccnc1. The average Bonchev–Trinajstić information content (AvgIpc) is 2.41. The van der Waals surface area contributed by atoms with E-state index in [9.17, 15) is 4.79 Å². The molecule has 0 saturated carbocycles. The maximum absolute atomic E-state index is 11.6. The summed E-state index contributed by atoms with van der Waals surface area (Å²) in [4.78, 5) is 15.5. The average molecular weight is 239 g/mol. The molecular weight excluding hydrogens is 226 g/mol. The van der Waals surface area contributed by atoms with Gasteiger partial charge in [0.05, 0.1) is 12.6 Å². The van der Waals surface area contributed by atoms with E-state index >= 15 is 0 Å². The van der Waals surface area contributed by atoms with Gasteiger partial charge in [0.25, 0.3) is 0 Å². The number of hydrogen-bond donors (Lipinski definition) is 1. The minimum atomic E-state index is -0.138. The van der Waals surface area contributed by atoms with Gasteiger partial charge in [-0.15, -0.1) is 0 Å². The lowest BCUT2D eigenvalue weighted by Gasteiger charge is -1.99. The predicted octanol–water partition coefficient (Wildman–Crippen LogP) is 1.77. The predicted molar refractivity (Wildman–Crippen MR) is 70.1 cm³/mol. The third kappa shape index (κ3) is 3.83. The zero-order valence-corrected chi connectivity index (χ0v) is 9.78. The molecule has 1 N–H and O–H groups in total. The monoisotopic (exact) mass is 239 g/mol. The van der Waals surface area contributed by atoms with Gasteiger partial charge < -0.3 is 0 Å². The minimum absolute atomic E-state index is 0.138. The second kappa shape index (κ2) is 6.30. The third-order valence-corrected chi connectivity index (χ3v) is 2.29. The lowest BCUT2D eigenvalue weighted by Crippen LogP contribution is -2.19. The quantitative estimate of drug-likeness (QED) is 0.653. The van der Waals surface area contributed by atoms with Crippen LogP contribution in [0.2, 0.25) is 0 Å². The van der Waals surface area contributed by atoms with Crippen LogP contribution < -0.4 is 5.43 Å². The first-order valence-electron chi connectivity index (χ1n) is 5.60. The molecule has 90 valence electrons. The number of carbonyl (C=O) groups is 1. The molecule has 0 bridgehead atoms. The standard InChI is InChI=1S/C14H13N3O/c18-14(9-12-5-2-1-3-6-12)17-16-11-13-7-4-8-15-10-13/h1-8,10-11H,9H2,(H,17,18). The van der Waals surface area contributed by atoms with Crippen molar-refractivity contribution in [3.05, 3.63) is 66.0 Å². The van der Waals surface area contributed by atoms with Gasteiger partial charge in [0, 0.05) is 18.0 Å². The fourth-order valence-corrected chi connectivity index (χ4v) is 1.45. The Labute approximate surface area is 105 Å². The van der Waals surface area contributed by atoms with Crippen molar-refractivity contribution < 1.29 is 4.79 Å². The number of hydrazone groups is 1. The molecule has 4 heteroatoms. The van der Waals surface area contributed by atoms with Crippen LogP contribution in [-0.4, -0.2) is 17.1 Å². The largest absolute Gasteiger partial charge is 0.273 e.